The number of piperidine rings is 1. The summed E-state index contributed by atoms with van der Waals surface area (Å²) in [7, 11) is 3.87. The van der Waals surface area contributed by atoms with Crippen LogP contribution in [-0.4, -0.2) is 61.5 Å². The van der Waals surface area contributed by atoms with Gasteiger partial charge in [0.2, 0.25) is 5.91 Å². The van der Waals surface area contributed by atoms with Crippen LogP contribution in [0.25, 0.3) is 0 Å². The molecule has 0 aliphatic carbocycles. The van der Waals surface area contributed by atoms with E-state index >= 15 is 0 Å². The molecule has 5 nitrogen and oxygen atoms in total. The number of likely N-dealkylation sites (N-methyl/N-ethyl adjacent to an activating group) is 1. The molecule has 0 radical (unpaired) electrons. The molecule has 0 N–H and O–H groups in total. The molecule has 2 aliphatic rings. The Labute approximate surface area is 151 Å². The minimum absolute atomic E-state index is 0.0570. The van der Waals surface area contributed by atoms with Crippen molar-refractivity contribution in [2.45, 2.75) is 31.8 Å². The van der Waals surface area contributed by atoms with Gasteiger partial charge in [0, 0.05) is 31.6 Å². The zero-order valence-corrected chi connectivity index (χ0v) is 15.1. The molecule has 0 aromatic heterocycles. The number of hydrogen-bond donors (Lipinski definition) is 0. The Hall–Kier alpha value is -2.02. The van der Waals surface area contributed by atoms with E-state index in [4.69, 9.17) is 4.74 Å². The summed E-state index contributed by atoms with van der Waals surface area (Å²) < 4.78 is 32.6. The molecule has 3 rings (SSSR count). The standard InChI is InChI=1S/C19H24F2N2O3/c1-22(2)12-14-11-19(18(25)26-14)6-8-23(9-7-19)16(24)10-13-4-3-5-15(20)17(13)21/h3-5,14H,6-12H2,1-2H3. The van der Waals surface area contributed by atoms with Crippen molar-refractivity contribution < 1.29 is 23.1 Å². The highest BCUT2D eigenvalue weighted by molar-refractivity contribution is 5.81. The van der Waals surface area contributed by atoms with Gasteiger partial charge in [0.05, 0.1) is 11.8 Å². The van der Waals surface area contributed by atoms with E-state index in [1.807, 2.05) is 19.0 Å². The molecule has 26 heavy (non-hydrogen) atoms. The number of amides is 1. The molecule has 1 atom stereocenters. The van der Waals surface area contributed by atoms with Crippen LogP contribution >= 0.6 is 0 Å². The van der Waals surface area contributed by atoms with Gasteiger partial charge in [0.25, 0.3) is 0 Å². The number of carbonyl (C=O) groups is 2. The molecule has 0 bridgehead atoms. The molecule has 1 unspecified atom stereocenters. The first-order chi connectivity index (χ1) is 12.3. The van der Waals surface area contributed by atoms with Gasteiger partial charge in [0.1, 0.15) is 6.10 Å². The molecule has 0 saturated carbocycles. The lowest BCUT2D eigenvalue weighted by Crippen LogP contribution is -2.45. The Morgan fingerprint density at radius 2 is 2.00 bits per heavy atom. The maximum Gasteiger partial charge on any atom is 0.312 e. The van der Waals surface area contributed by atoms with E-state index < -0.39 is 17.0 Å². The highest BCUT2D eigenvalue weighted by atomic mass is 19.2. The van der Waals surface area contributed by atoms with Crippen LogP contribution in [0.15, 0.2) is 18.2 Å². The molecule has 1 spiro atoms. The lowest BCUT2D eigenvalue weighted by molar-refractivity contribution is -0.152. The Balaban J connectivity index is 1.59. The SMILES string of the molecule is CN(C)CC1CC2(CCN(C(=O)Cc3cccc(F)c3F)CC2)C(=O)O1. The van der Waals surface area contributed by atoms with E-state index in [1.165, 1.54) is 12.1 Å². The Bertz CT molecular complexity index is 700. The predicted molar refractivity (Wildman–Crippen MR) is 91.4 cm³/mol. The summed E-state index contributed by atoms with van der Waals surface area (Å²) in [5.41, 5.74) is -0.455. The molecule has 2 fully saturated rings. The fourth-order valence-corrected chi connectivity index (χ4v) is 3.90. The maximum atomic E-state index is 13.8. The fraction of sp³-hybridized carbons (Fsp3) is 0.579. The second-order valence-corrected chi connectivity index (χ2v) is 7.54. The number of esters is 1. The minimum atomic E-state index is -0.972. The summed E-state index contributed by atoms with van der Waals surface area (Å²) in [6, 6.07) is 3.84. The molecule has 1 aromatic carbocycles. The molecule has 1 aromatic rings. The second kappa shape index (κ2) is 7.31. The lowest BCUT2D eigenvalue weighted by atomic mass is 9.76. The van der Waals surface area contributed by atoms with Crippen LogP contribution in [0.5, 0.6) is 0 Å². The number of nitrogens with zero attached hydrogens (tertiary/aromatic N) is 2. The van der Waals surface area contributed by atoms with E-state index in [-0.39, 0.29) is 30.0 Å². The molecule has 7 heteroatoms. The van der Waals surface area contributed by atoms with Crippen LogP contribution in [0.2, 0.25) is 0 Å². The number of carbonyl (C=O) groups excluding carboxylic acids is 2. The fourth-order valence-electron chi connectivity index (χ4n) is 3.90. The predicted octanol–water partition coefficient (Wildman–Crippen LogP) is 1.99. The van der Waals surface area contributed by atoms with Gasteiger partial charge < -0.3 is 14.5 Å². The summed E-state index contributed by atoms with van der Waals surface area (Å²) in [5.74, 6) is -2.35. The van der Waals surface area contributed by atoms with Gasteiger partial charge in [-0.15, -0.1) is 0 Å². The van der Waals surface area contributed by atoms with Crippen LogP contribution in [0.3, 0.4) is 0 Å². The summed E-state index contributed by atoms with van der Waals surface area (Å²) in [6.45, 7) is 1.55. The van der Waals surface area contributed by atoms with Crippen LogP contribution in [0.4, 0.5) is 8.78 Å². The van der Waals surface area contributed by atoms with Crippen molar-refractivity contribution in [1.82, 2.24) is 9.80 Å². The van der Waals surface area contributed by atoms with Crippen molar-refractivity contribution in [3.05, 3.63) is 35.4 Å². The van der Waals surface area contributed by atoms with E-state index in [1.54, 1.807) is 4.90 Å². The van der Waals surface area contributed by atoms with E-state index in [0.29, 0.717) is 38.9 Å². The van der Waals surface area contributed by atoms with Crippen molar-refractivity contribution in [3.63, 3.8) is 0 Å². The van der Waals surface area contributed by atoms with Crippen LogP contribution in [-0.2, 0) is 20.7 Å². The first kappa shape index (κ1) is 18.8. The van der Waals surface area contributed by atoms with Crippen molar-refractivity contribution >= 4 is 11.9 Å². The molecule has 2 aliphatic heterocycles. The highest BCUT2D eigenvalue weighted by Crippen LogP contribution is 2.43. The van der Waals surface area contributed by atoms with Crippen LogP contribution in [0, 0.1) is 17.0 Å². The summed E-state index contributed by atoms with van der Waals surface area (Å²) in [4.78, 5) is 28.4. The summed E-state index contributed by atoms with van der Waals surface area (Å²) >= 11 is 0. The number of likely N-dealkylation sites (tertiary alicyclic amines) is 1. The first-order valence-electron chi connectivity index (χ1n) is 8.87. The molecule has 2 heterocycles. The van der Waals surface area contributed by atoms with Gasteiger partial charge in [-0.25, -0.2) is 8.78 Å². The highest BCUT2D eigenvalue weighted by Gasteiger charge is 2.50. The van der Waals surface area contributed by atoms with Gasteiger partial charge in [-0.2, -0.15) is 0 Å². The zero-order valence-electron chi connectivity index (χ0n) is 15.1. The van der Waals surface area contributed by atoms with Gasteiger partial charge >= 0.3 is 5.97 Å². The van der Waals surface area contributed by atoms with Crippen LogP contribution in [0.1, 0.15) is 24.8 Å². The number of hydrogen-bond acceptors (Lipinski definition) is 4. The second-order valence-electron chi connectivity index (χ2n) is 7.54. The first-order valence-corrected chi connectivity index (χ1v) is 8.87. The monoisotopic (exact) mass is 366 g/mol. The van der Waals surface area contributed by atoms with Gasteiger partial charge in [-0.3, -0.25) is 9.59 Å². The average molecular weight is 366 g/mol. The molecule has 2 saturated heterocycles. The largest absolute Gasteiger partial charge is 0.461 e. The third-order valence-electron chi connectivity index (χ3n) is 5.34. The normalized spacial score (nSPS) is 22.1. The number of cyclic esters (lactones) is 1. The van der Waals surface area contributed by atoms with Crippen molar-refractivity contribution in [1.29, 1.82) is 0 Å². The van der Waals surface area contributed by atoms with E-state index in [9.17, 15) is 18.4 Å². The molecular weight excluding hydrogens is 342 g/mol. The van der Waals surface area contributed by atoms with Gasteiger partial charge in [-0.05, 0) is 33.0 Å². The quantitative estimate of drug-likeness (QED) is 0.765. The number of halogens is 2. The summed E-state index contributed by atoms with van der Waals surface area (Å²) in [6.07, 6.45) is 1.48. The molecule has 1 amide bonds. The van der Waals surface area contributed by atoms with E-state index in [0.717, 1.165) is 6.07 Å². The third kappa shape index (κ3) is 3.72. The topological polar surface area (TPSA) is 49.9 Å². The van der Waals surface area contributed by atoms with Gasteiger partial charge in [-0.1, -0.05) is 12.1 Å². The van der Waals surface area contributed by atoms with Crippen molar-refractivity contribution in [2.75, 3.05) is 33.7 Å². The molecule has 142 valence electrons. The average Bonchev–Trinajstić information content (AvgIpc) is 2.86. The lowest BCUT2D eigenvalue weighted by Gasteiger charge is -2.36. The maximum absolute atomic E-state index is 13.8. The van der Waals surface area contributed by atoms with E-state index in [2.05, 4.69) is 0 Å². The minimum Gasteiger partial charge on any atom is -0.461 e. The zero-order chi connectivity index (χ0) is 18.9. The van der Waals surface area contributed by atoms with Crippen molar-refractivity contribution in [3.8, 4) is 0 Å². The smallest absolute Gasteiger partial charge is 0.312 e. The Morgan fingerprint density at radius 1 is 1.31 bits per heavy atom. The van der Waals surface area contributed by atoms with Gasteiger partial charge in [0.15, 0.2) is 11.6 Å². The molecular formula is C19H24F2N2O3. The summed E-state index contributed by atoms with van der Waals surface area (Å²) in [5, 5.41) is 0. The number of rotatable bonds is 4. The van der Waals surface area contributed by atoms with Crippen molar-refractivity contribution in [2.24, 2.45) is 5.41 Å². The number of ether oxygens (including phenoxy) is 1. The number of benzene rings is 1. The Kier molecular flexibility index (Phi) is 5.27. The van der Waals surface area contributed by atoms with Crippen LogP contribution < -0.4 is 0 Å². The Morgan fingerprint density at radius 3 is 2.65 bits per heavy atom. The third-order valence-corrected chi connectivity index (χ3v) is 5.34.